The number of amides is 1. The smallest absolute Gasteiger partial charge is 0.358 e. The van der Waals surface area contributed by atoms with Gasteiger partial charge in [0.25, 0.3) is 5.72 Å². The number of carboxylic acids is 1. The Balaban J connectivity index is 4.72. The minimum Gasteiger partial charge on any atom is -0.478 e. The molecule has 0 aliphatic carbocycles. The lowest BCUT2D eigenvalue weighted by atomic mass is 10.0. The van der Waals surface area contributed by atoms with Crippen LogP contribution in [-0.2, 0) is 9.59 Å². The van der Waals surface area contributed by atoms with Crippen LogP contribution < -0.4 is 16.8 Å². The highest BCUT2D eigenvalue weighted by Crippen LogP contribution is 2.08. The van der Waals surface area contributed by atoms with Gasteiger partial charge in [-0.25, -0.2) is 4.79 Å². The number of nitrogens with one attached hydrogen (secondary N) is 1. The molecule has 7 heteroatoms. The van der Waals surface area contributed by atoms with Crippen LogP contribution in [0.4, 0.5) is 0 Å². The molecule has 0 fully saturated rings. The fourth-order valence-corrected chi connectivity index (χ4v) is 0.864. The Hall–Kier alpha value is -1.18. The van der Waals surface area contributed by atoms with Crippen LogP contribution in [0.15, 0.2) is 0 Å². The molecule has 0 spiro atoms. The molecule has 1 amide bonds. The predicted octanol–water partition coefficient (Wildman–Crippen LogP) is -2.43. The second-order valence-corrected chi connectivity index (χ2v) is 2.84. The molecule has 0 bridgehead atoms. The van der Waals surface area contributed by atoms with E-state index in [0.717, 1.165) is 0 Å². The Bertz CT molecular complexity index is 233. The third kappa shape index (κ3) is 2.66. The summed E-state index contributed by atoms with van der Waals surface area (Å²) in [5.74, 6) is -2.38. The average molecular weight is 205 g/mol. The summed E-state index contributed by atoms with van der Waals surface area (Å²) in [6.45, 7) is 1.18. The molecule has 0 aromatic rings. The zero-order chi connectivity index (χ0) is 11.4. The number of aliphatic carboxylic acids is 1. The van der Waals surface area contributed by atoms with Gasteiger partial charge in [0.15, 0.2) is 0 Å². The van der Waals surface area contributed by atoms with Crippen molar-refractivity contribution in [1.29, 1.82) is 0 Å². The van der Waals surface area contributed by atoms with Crippen LogP contribution >= 0.6 is 0 Å². The number of nitrogens with two attached hydrogens (primary N) is 2. The first-order chi connectivity index (χ1) is 6.38. The summed E-state index contributed by atoms with van der Waals surface area (Å²) < 4.78 is 0. The van der Waals surface area contributed by atoms with E-state index in [1.54, 1.807) is 6.92 Å². The molecule has 0 aliphatic heterocycles. The van der Waals surface area contributed by atoms with Crippen molar-refractivity contribution in [2.75, 3.05) is 6.54 Å². The summed E-state index contributed by atoms with van der Waals surface area (Å²) in [7, 11) is 0. The third-order valence-electron chi connectivity index (χ3n) is 1.82. The first-order valence-electron chi connectivity index (χ1n) is 4.10. The lowest BCUT2D eigenvalue weighted by Gasteiger charge is -2.29. The number of hydrogen-bond acceptors (Lipinski definition) is 5. The molecular formula is C7H15N3O4. The Morgan fingerprint density at radius 2 is 2.07 bits per heavy atom. The predicted molar refractivity (Wildman–Crippen MR) is 48.0 cm³/mol. The highest BCUT2D eigenvalue weighted by atomic mass is 16.4. The molecule has 0 aromatic heterocycles. The second-order valence-electron chi connectivity index (χ2n) is 2.84. The van der Waals surface area contributed by atoms with E-state index in [0.29, 0.717) is 0 Å². The Kier molecular flexibility index (Phi) is 4.48. The third-order valence-corrected chi connectivity index (χ3v) is 1.82. The van der Waals surface area contributed by atoms with Gasteiger partial charge in [-0.2, -0.15) is 0 Å². The number of carboxylic acid groups (broad SMARTS) is 1. The molecule has 7 N–H and O–H groups in total. The lowest BCUT2D eigenvalue weighted by Crippen LogP contribution is -2.65. The van der Waals surface area contributed by atoms with Gasteiger partial charge in [-0.15, -0.1) is 0 Å². The molecule has 14 heavy (non-hydrogen) atoms. The molecule has 82 valence electrons. The molecule has 0 saturated carbocycles. The summed E-state index contributed by atoms with van der Waals surface area (Å²) in [5.41, 5.74) is 7.88. The maximum Gasteiger partial charge on any atom is 0.358 e. The number of carbonyl (C=O) groups is 2. The molecule has 0 aromatic carbocycles. The molecule has 2 unspecified atom stereocenters. The summed E-state index contributed by atoms with van der Waals surface area (Å²) in [6.07, 6.45) is 0.202. The zero-order valence-electron chi connectivity index (χ0n) is 7.86. The standard InChI is InChI=1S/C7H15N3O4/c1-2-4(9)7(14,6(12)13)10-5(11)3-8/h4,14H,2-3,8-9H2,1H3,(H,10,11)(H,12,13). The Morgan fingerprint density at radius 1 is 1.57 bits per heavy atom. The first-order valence-corrected chi connectivity index (χ1v) is 4.10. The van der Waals surface area contributed by atoms with Crippen molar-refractivity contribution in [2.45, 2.75) is 25.1 Å². The quantitative estimate of drug-likeness (QED) is 0.316. The summed E-state index contributed by atoms with van der Waals surface area (Å²) in [4.78, 5) is 21.5. The van der Waals surface area contributed by atoms with Gasteiger partial charge >= 0.3 is 5.97 Å². The number of carbonyl (C=O) groups excluding carboxylic acids is 1. The van der Waals surface area contributed by atoms with Gasteiger partial charge in [0.05, 0.1) is 12.6 Å². The van der Waals surface area contributed by atoms with E-state index in [1.165, 1.54) is 0 Å². The van der Waals surface area contributed by atoms with Crippen LogP contribution in [-0.4, -0.2) is 40.4 Å². The van der Waals surface area contributed by atoms with Crippen LogP contribution in [0.3, 0.4) is 0 Å². The molecule has 0 aliphatic rings. The monoisotopic (exact) mass is 205 g/mol. The van der Waals surface area contributed by atoms with Crippen molar-refractivity contribution < 1.29 is 19.8 Å². The summed E-state index contributed by atoms with van der Waals surface area (Å²) in [6, 6.07) is -1.09. The number of hydrogen-bond donors (Lipinski definition) is 5. The van der Waals surface area contributed by atoms with E-state index in [4.69, 9.17) is 16.6 Å². The number of aliphatic hydroxyl groups is 1. The molecule has 0 heterocycles. The molecule has 0 rings (SSSR count). The SMILES string of the molecule is CCC(N)C(O)(NC(=O)CN)C(=O)O. The van der Waals surface area contributed by atoms with Gasteiger partial charge in [-0.05, 0) is 6.42 Å². The van der Waals surface area contributed by atoms with Crippen LogP contribution in [0.2, 0.25) is 0 Å². The van der Waals surface area contributed by atoms with E-state index in [1.807, 2.05) is 5.32 Å². The molecule has 2 atom stereocenters. The topological polar surface area (TPSA) is 139 Å². The van der Waals surface area contributed by atoms with Gasteiger partial charge < -0.3 is 27.0 Å². The van der Waals surface area contributed by atoms with Crippen LogP contribution in [0.25, 0.3) is 0 Å². The van der Waals surface area contributed by atoms with Crippen molar-refractivity contribution in [3.8, 4) is 0 Å². The molecular weight excluding hydrogens is 190 g/mol. The minimum atomic E-state index is -2.45. The maximum absolute atomic E-state index is 10.8. The van der Waals surface area contributed by atoms with Gasteiger partial charge in [0.1, 0.15) is 0 Å². The highest BCUT2D eigenvalue weighted by molar-refractivity contribution is 5.87. The van der Waals surface area contributed by atoms with Crippen molar-refractivity contribution in [1.82, 2.24) is 5.32 Å². The maximum atomic E-state index is 10.8. The van der Waals surface area contributed by atoms with Gasteiger partial charge in [0, 0.05) is 0 Å². The van der Waals surface area contributed by atoms with E-state index in [2.05, 4.69) is 0 Å². The van der Waals surface area contributed by atoms with Crippen LogP contribution in [0.1, 0.15) is 13.3 Å². The Labute approximate surface area is 81.1 Å². The van der Waals surface area contributed by atoms with Crippen molar-refractivity contribution >= 4 is 11.9 Å². The van der Waals surface area contributed by atoms with E-state index >= 15 is 0 Å². The fraction of sp³-hybridized carbons (Fsp3) is 0.714. The van der Waals surface area contributed by atoms with E-state index in [-0.39, 0.29) is 6.42 Å². The molecule has 7 nitrogen and oxygen atoms in total. The van der Waals surface area contributed by atoms with Gasteiger partial charge in [-0.1, -0.05) is 6.92 Å². The van der Waals surface area contributed by atoms with Gasteiger partial charge in [0.2, 0.25) is 5.91 Å². The largest absolute Gasteiger partial charge is 0.478 e. The van der Waals surface area contributed by atoms with E-state index < -0.39 is 30.2 Å². The second kappa shape index (κ2) is 4.89. The minimum absolute atomic E-state index is 0.202. The lowest BCUT2D eigenvalue weighted by molar-refractivity contribution is -0.168. The molecule has 0 radical (unpaired) electrons. The van der Waals surface area contributed by atoms with Crippen molar-refractivity contribution in [3.05, 3.63) is 0 Å². The highest BCUT2D eigenvalue weighted by Gasteiger charge is 2.42. The Morgan fingerprint density at radius 3 is 2.36 bits per heavy atom. The first kappa shape index (κ1) is 12.8. The van der Waals surface area contributed by atoms with Gasteiger partial charge in [-0.3, -0.25) is 4.79 Å². The fourth-order valence-electron chi connectivity index (χ4n) is 0.864. The van der Waals surface area contributed by atoms with Crippen LogP contribution in [0.5, 0.6) is 0 Å². The molecule has 0 saturated heterocycles. The normalized spacial score (nSPS) is 16.9. The van der Waals surface area contributed by atoms with E-state index in [9.17, 15) is 14.7 Å². The summed E-state index contributed by atoms with van der Waals surface area (Å²) >= 11 is 0. The van der Waals surface area contributed by atoms with Crippen molar-refractivity contribution in [3.63, 3.8) is 0 Å². The zero-order valence-corrected chi connectivity index (χ0v) is 7.86. The van der Waals surface area contributed by atoms with Crippen molar-refractivity contribution in [2.24, 2.45) is 11.5 Å². The average Bonchev–Trinajstić information content (AvgIpc) is 2.15. The summed E-state index contributed by atoms with van der Waals surface area (Å²) in [5, 5.41) is 20.1. The number of rotatable bonds is 5. The van der Waals surface area contributed by atoms with Crippen LogP contribution in [0, 0.1) is 0 Å².